The van der Waals surface area contributed by atoms with Crippen molar-refractivity contribution in [2.75, 3.05) is 30.8 Å². The Bertz CT molecular complexity index is 615. The first-order valence-corrected chi connectivity index (χ1v) is 9.94. The minimum absolute atomic E-state index is 0.0499. The Morgan fingerprint density at radius 2 is 2.19 bits per heavy atom. The fourth-order valence-electron chi connectivity index (χ4n) is 3.10. The smallest absolute Gasteiger partial charge is 0.245 e. The third-order valence-corrected chi connectivity index (χ3v) is 6.67. The molecule has 6 nitrogen and oxygen atoms in total. The fraction of sp³-hybridized carbons (Fsp3) is 0.692. The summed E-state index contributed by atoms with van der Waals surface area (Å²) in [6.07, 6.45) is 5.34. The molecule has 3 heterocycles. The molecular formula is C13H19N3O3S2. The summed E-state index contributed by atoms with van der Waals surface area (Å²) in [7, 11) is -3.07. The van der Waals surface area contributed by atoms with Crippen molar-refractivity contribution in [1.29, 1.82) is 0 Å². The Kier molecular flexibility index (Phi) is 3.92. The van der Waals surface area contributed by atoms with E-state index in [4.69, 9.17) is 0 Å². The van der Waals surface area contributed by atoms with E-state index in [1.165, 1.54) is 17.6 Å². The van der Waals surface area contributed by atoms with Crippen molar-refractivity contribution in [2.45, 2.75) is 30.6 Å². The Morgan fingerprint density at radius 3 is 2.81 bits per heavy atom. The van der Waals surface area contributed by atoms with E-state index >= 15 is 0 Å². The average Bonchev–Trinajstić information content (AvgIpc) is 3.16. The third kappa shape index (κ3) is 2.91. The normalized spacial score (nSPS) is 26.5. The lowest BCUT2D eigenvalue weighted by Crippen LogP contribution is -2.45. The van der Waals surface area contributed by atoms with Crippen LogP contribution in [0.25, 0.3) is 0 Å². The Morgan fingerprint density at radius 1 is 1.38 bits per heavy atom. The van der Waals surface area contributed by atoms with Gasteiger partial charge in [0.2, 0.25) is 5.91 Å². The molecule has 0 saturated carbocycles. The van der Waals surface area contributed by atoms with Crippen molar-refractivity contribution < 1.29 is 13.2 Å². The summed E-state index contributed by atoms with van der Waals surface area (Å²) in [5.41, 5.74) is 0. The van der Waals surface area contributed by atoms with Gasteiger partial charge < -0.3 is 9.80 Å². The van der Waals surface area contributed by atoms with Crippen LogP contribution in [-0.4, -0.2) is 61.4 Å². The summed E-state index contributed by atoms with van der Waals surface area (Å²) in [5.74, 6) is 0.0499. The van der Waals surface area contributed by atoms with Crippen molar-refractivity contribution >= 4 is 32.2 Å². The van der Waals surface area contributed by atoms with Crippen molar-refractivity contribution in [1.82, 2.24) is 9.88 Å². The molecule has 0 aliphatic carbocycles. The SMILES string of the molecule is CS(=O)(=O)[C@@H]1CCN(C(=O)[C@H]2CCCN2c2nccs2)C1. The number of amides is 1. The summed E-state index contributed by atoms with van der Waals surface area (Å²) >= 11 is 1.54. The van der Waals surface area contributed by atoms with Gasteiger partial charge in [-0.2, -0.15) is 0 Å². The Balaban J connectivity index is 1.71. The molecule has 0 aromatic carbocycles. The van der Waals surface area contributed by atoms with E-state index in [1.807, 2.05) is 5.38 Å². The predicted octanol–water partition coefficient (Wildman–Crippen LogP) is 0.757. The van der Waals surface area contributed by atoms with Gasteiger partial charge in [0.25, 0.3) is 0 Å². The number of nitrogens with zero attached hydrogens (tertiary/aromatic N) is 3. The van der Waals surface area contributed by atoms with Crippen molar-refractivity contribution in [3.8, 4) is 0 Å². The Hall–Kier alpha value is -1.15. The van der Waals surface area contributed by atoms with Gasteiger partial charge in [-0.3, -0.25) is 4.79 Å². The predicted molar refractivity (Wildman–Crippen MR) is 82.3 cm³/mol. The van der Waals surface area contributed by atoms with Gasteiger partial charge in [0, 0.05) is 37.5 Å². The average molecular weight is 329 g/mol. The van der Waals surface area contributed by atoms with Gasteiger partial charge in [-0.05, 0) is 19.3 Å². The maximum atomic E-state index is 12.7. The molecule has 1 aromatic heterocycles. The minimum Gasteiger partial charge on any atom is -0.340 e. The van der Waals surface area contributed by atoms with Gasteiger partial charge in [0.1, 0.15) is 6.04 Å². The number of hydrogen-bond acceptors (Lipinski definition) is 6. The molecule has 2 aliphatic heterocycles. The zero-order valence-corrected chi connectivity index (χ0v) is 13.6. The second kappa shape index (κ2) is 5.57. The molecule has 21 heavy (non-hydrogen) atoms. The summed E-state index contributed by atoms with van der Waals surface area (Å²) in [6, 6.07) is -0.186. The highest BCUT2D eigenvalue weighted by molar-refractivity contribution is 7.91. The van der Waals surface area contributed by atoms with E-state index in [2.05, 4.69) is 9.88 Å². The molecule has 2 aliphatic rings. The van der Waals surface area contributed by atoms with Crippen LogP contribution in [-0.2, 0) is 14.6 Å². The molecule has 1 aromatic rings. The molecule has 0 bridgehead atoms. The van der Waals surface area contributed by atoms with E-state index in [1.54, 1.807) is 11.1 Å². The van der Waals surface area contributed by atoms with Gasteiger partial charge in [0.05, 0.1) is 5.25 Å². The van der Waals surface area contributed by atoms with Gasteiger partial charge in [-0.15, -0.1) is 11.3 Å². The van der Waals surface area contributed by atoms with Gasteiger partial charge in [-0.25, -0.2) is 13.4 Å². The molecule has 0 N–H and O–H groups in total. The first-order valence-electron chi connectivity index (χ1n) is 7.10. The van der Waals surface area contributed by atoms with Crippen LogP contribution in [0, 0.1) is 0 Å². The van der Waals surface area contributed by atoms with E-state index in [0.29, 0.717) is 19.5 Å². The summed E-state index contributed by atoms with van der Waals surface area (Å²) in [5, 5.41) is 2.38. The lowest BCUT2D eigenvalue weighted by atomic mass is 10.2. The molecular weight excluding hydrogens is 310 g/mol. The van der Waals surface area contributed by atoms with Crippen molar-refractivity contribution in [3.05, 3.63) is 11.6 Å². The second-order valence-electron chi connectivity index (χ2n) is 5.69. The first-order chi connectivity index (χ1) is 9.97. The molecule has 2 atom stereocenters. The van der Waals surface area contributed by atoms with Crippen LogP contribution in [0.1, 0.15) is 19.3 Å². The summed E-state index contributed by atoms with van der Waals surface area (Å²) in [4.78, 5) is 20.7. The highest BCUT2D eigenvalue weighted by atomic mass is 32.2. The van der Waals surface area contributed by atoms with E-state index < -0.39 is 15.1 Å². The van der Waals surface area contributed by atoms with Crippen LogP contribution < -0.4 is 4.90 Å². The molecule has 2 fully saturated rings. The number of carbonyl (C=O) groups excluding carboxylic acids is 1. The third-order valence-electron chi connectivity index (χ3n) is 4.27. The number of carbonyl (C=O) groups is 1. The minimum atomic E-state index is -3.07. The largest absolute Gasteiger partial charge is 0.340 e. The van der Waals surface area contributed by atoms with Gasteiger partial charge >= 0.3 is 0 Å². The number of anilines is 1. The topological polar surface area (TPSA) is 70.6 Å². The molecule has 0 unspecified atom stereocenters. The fourth-order valence-corrected chi connectivity index (χ4v) is 4.80. The maximum absolute atomic E-state index is 12.7. The van der Waals surface area contributed by atoms with Crippen LogP contribution in [0.4, 0.5) is 5.13 Å². The lowest BCUT2D eigenvalue weighted by molar-refractivity contribution is -0.131. The van der Waals surface area contributed by atoms with E-state index in [0.717, 1.165) is 24.5 Å². The molecule has 8 heteroatoms. The van der Waals surface area contributed by atoms with E-state index in [9.17, 15) is 13.2 Å². The second-order valence-corrected chi connectivity index (χ2v) is 8.89. The molecule has 3 rings (SSSR count). The zero-order valence-electron chi connectivity index (χ0n) is 11.9. The summed E-state index contributed by atoms with van der Waals surface area (Å²) in [6.45, 7) is 1.71. The molecule has 0 spiro atoms. The zero-order chi connectivity index (χ0) is 15.0. The highest BCUT2D eigenvalue weighted by Crippen LogP contribution is 2.29. The van der Waals surface area contributed by atoms with Gasteiger partial charge in [-0.1, -0.05) is 0 Å². The lowest BCUT2D eigenvalue weighted by Gasteiger charge is -2.27. The summed E-state index contributed by atoms with van der Waals surface area (Å²) < 4.78 is 23.2. The van der Waals surface area contributed by atoms with Crippen molar-refractivity contribution in [2.24, 2.45) is 0 Å². The molecule has 1 amide bonds. The monoisotopic (exact) mass is 329 g/mol. The number of likely N-dealkylation sites (tertiary alicyclic amines) is 1. The van der Waals surface area contributed by atoms with Crippen molar-refractivity contribution in [3.63, 3.8) is 0 Å². The quantitative estimate of drug-likeness (QED) is 0.819. The van der Waals surface area contributed by atoms with Crippen LogP contribution >= 0.6 is 11.3 Å². The van der Waals surface area contributed by atoms with Crippen LogP contribution in [0.15, 0.2) is 11.6 Å². The number of aromatic nitrogens is 1. The van der Waals surface area contributed by atoms with Crippen LogP contribution in [0.2, 0.25) is 0 Å². The number of rotatable bonds is 3. The number of thiazole rings is 1. The molecule has 2 saturated heterocycles. The number of hydrogen-bond donors (Lipinski definition) is 0. The first kappa shape index (κ1) is 14.8. The maximum Gasteiger partial charge on any atom is 0.245 e. The molecule has 0 radical (unpaired) electrons. The molecule has 116 valence electrons. The van der Waals surface area contributed by atoms with E-state index in [-0.39, 0.29) is 11.9 Å². The number of sulfone groups is 1. The highest BCUT2D eigenvalue weighted by Gasteiger charge is 2.39. The van der Waals surface area contributed by atoms with Crippen LogP contribution in [0.3, 0.4) is 0 Å². The van der Waals surface area contributed by atoms with Crippen LogP contribution in [0.5, 0.6) is 0 Å². The van der Waals surface area contributed by atoms with Gasteiger partial charge in [0.15, 0.2) is 15.0 Å². The Labute approximate surface area is 128 Å². The standard InChI is InChI=1S/C13H19N3O3S2/c1-21(18,19)10-4-7-15(9-10)12(17)11-3-2-6-16(11)13-14-5-8-20-13/h5,8,10-11H,2-4,6-7,9H2,1H3/t10-,11-/m1/s1.